The maximum atomic E-state index is 6.59. The molecule has 0 saturated heterocycles. The van der Waals surface area contributed by atoms with Gasteiger partial charge in [-0.1, -0.05) is 176 Å². The first-order chi connectivity index (χ1) is 28.3. The van der Waals surface area contributed by atoms with Crippen molar-refractivity contribution in [2.24, 2.45) is 0 Å². The lowest BCUT2D eigenvalue weighted by Crippen LogP contribution is -2.75. The summed E-state index contributed by atoms with van der Waals surface area (Å²) in [6.07, 6.45) is 1.91. The van der Waals surface area contributed by atoms with Crippen LogP contribution in [0.25, 0.3) is 71.8 Å². The number of rotatable bonds is 7. The van der Waals surface area contributed by atoms with E-state index in [0.29, 0.717) is 0 Å². The summed E-state index contributed by atoms with van der Waals surface area (Å²) in [6, 6.07) is 77.3. The topological polar surface area (TPSA) is 31.0 Å². The SMILES string of the molecule is c1ccc([Si](c2ccccc2)(c2cccc(-n3c4ccccc4c4ccccc43)c2)c2ccccc2-c2ccccc2-c2nccc3c2oc2ccccc23)cc1. The van der Waals surface area contributed by atoms with Crippen LogP contribution in [0.4, 0.5) is 0 Å². The van der Waals surface area contributed by atoms with Gasteiger partial charge in [0.1, 0.15) is 11.3 Å². The molecule has 3 aromatic heterocycles. The number of benzene rings is 8. The largest absolute Gasteiger partial charge is 0.454 e. The second-order valence-electron chi connectivity index (χ2n) is 14.6. The highest BCUT2D eigenvalue weighted by Gasteiger charge is 2.43. The molecule has 0 spiro atoms. The zero-order valence-electron chi connectivity index (χ0n) is 31.1. The van der Waals surface area contributed by atoms with Crippen LogP contribution in [0.3, 0.4) is 0 Å². The van der Waals surface area contributed by atoms with Gasteiger partial charge in [-0.05, 0) is 68.3 Å². The summed E-state index contributed by atoms with van der Waals surface area (Å²) in [4.78, 5) is 5.03. The smallest absolute Gasteiger partial charge is 0.180 e. The van der Waals surface area contributed by atoms with Gasteiger partial charge in [0.05, 0.1) is 11.0 Å². The lowest BCUT2D eigenvalue weighted by atomic mass is 9.96. The van der Waals surface area contributed by atoms with Crippen LogP contribution < -0.4 is 20.7 Å². The van der Waals surface area contributed by atoms with E-state index in [1.54, 1.807) is 0 Å². The number of nitrogens with zero attached hydrogens (tertiary/aromatic N) is 2. The number of hydrogen-bond donors (Lipinski definition) is 0. The Bertz CT molecular complexity index is 3160. The van der Waals surface area contributed by atoms with Crippen LogP contribution in [0.2, 0.25) is 0 Å². The van der Waals surface area contributed by atoms with Crippen LogP contribution >= 0.6 is 0 Å². The van der Waals surface area contributed by atoms with E-state index in [-0.39, 0.29) is 0 Å². The molecule has 0 aliphatic carbocycles. The van der Waals surface area contributed by atoms with Crippen molar-refractivity contribution in [1.29, 1.82) is 0 Å². The van der Waals surface area contributed by atoms with E-state index in [0.717, 1.165) is 44.4 Å². The zero-order valence-corrected chi connectivity index (χ0v) is 32.1. The molecule has 0 aliphatic heterocycles. The van der Waals surface area contributed by atoms with Crippen molar-refractivity contribution in [3.05, 3.63) is 219 Å². The number of para-hydroxylation sites is 3. The van der Waals surface area contributed by atoms with E-state index in [9.17, 15) is 0 Å². The summed E-state index contributed by atoms with van der Waals surface area (Å²) in [6.45, 7) is 0. The van der Waals surface area contributed by atoms with Gasteiger partial charge in [0.25, 0.3) is 0 Å². The molecule has 0 amide bonds. The molecular formula is C53H36N2OSi. The number of pyridine rings is 1. The lowest BCUT2D eigenvalue weighted by molar-refractivity contribution is 0.668. The maximum absolute atomic E-state index is 6.59. The van der Waals surface area contributed by atoms with E-state index in [1.165, 1.54) is 48.1 Å². The lowest BCUT2D eigenvalue weighted by Gasteiger charge is -2.36. The second-order valence-corrected chi connectivity index (χ2v) is 18.4. The van der Waals surface area contributed by atoms with Gasteiger partial charge < -0.3 is 8.98 Å². The van der Waals surface area contributed by atoms with Crippen molar-refractivity contribution in [3.8, 4) is 28.1 Å². The maximum Gasteiger partial charge on any atom is 0.180 e. The highest BCUT2D eigenvalue weighted by atomic mass is 28.3. The Morgan fingerprint density at radius 3 is 1.65 bits per heavy atom. The quantitative estimate of drug-likeness (QED) is 0.120. The van der Waals surface area contributed by atoms with Crippen molar-refractivity contribution in [1.82, 2.24) is 9.55 Å². The fraction of sp³-hybridized carbons (Fsp3) is 0. The fourth-order valence-electron chi connectivity index (χ4n) is 9.23. The third-order valence-corrected chi connectivity index (χ3v) is 16.4. The van der Waals surface area contributed by atoms with Gasteiger partial charge in [0.2, 0.25) is 0 Å². The first kappa shape index (κ1) is 33.1. The molecule has 11 aromatic rings. The summed E-state index contributed by atoms with van der Waals surface area (Å²) in [5.41, 5.74) is 9.40. The Morgan fingerprint density at radius 2 is 0.947 bits per heavy atom. The average Bonchev–Trinajstić information content (AvgIpc) is 3.84. The minimum Gasteiger partial charge on any atom is -0.454 e. The molecule has 57 heavy (non-hydrogen) atoms. The van der Waals surface area contributed by atoms with Crippen molar-refractivity contribution < 1.29 is 4.42 Å². The third-order valence-electron chi connectivity index (χ3n) is 11.6. The van der Waals surface area contributed by atoms with Gasteiger partial charge in [-0.25, -0.2) is 0 Å². The highest BCUT2D eigenvalue weighted by Crippen LogP contribution is 2.39. The highest BCUT2D eigenvalue weighted by molar-refractivity contribution is 7.20. The molecule has 0 saturated carbocycles. The van der Waals surface area contributed by atoms with Gasteiger partial charge in [-0.3, -0.25) is 4.98 Å². The monoisotopic (exact) mass is 744 g/mol. The molecule has 0 radical (unpaired) electrons. The van der Waals surface area contributed by atoms with Gasteiger partial charge in [-0.15, -0.1) is 0 Å². The molecule has 0 N–H and O–H groups in total. The normalized spacial score (nSPS) is 11.9. The molecule has 0 bridgehead atoms. The molecule has 0 aliphatic rings. The van der Waals surface area contributed by atoms with E-state index in [1.807, 2.05) is 18.3 Å². The molecule has 8 aromatic carbocycles. The molecule has 0 fully saturated rings. The third kappa shape index (κ3) is 5.15. The number of furan rings is 1. The molecule has 4 heteroatoms. The van der Waals surface area contributed by atoms with Gasteiger partial charge in [0.15, 0.2) is 13.7 Å². The number of aromatic nitrogens is 2. The Morgan fingerprint density at radius 1 is 0.404 bits per heavy atom. The van der Waals surface area contributed by atoms with Gasteiger partial charge >= 0.3 is 0 Å². The van der Waals surface area contributed by atoms with Gasteiger partial charge in [0, 0.05) is 39.0 Å². The summed E-state index contributed by atoms with van der Waals surface area (Å²) in [5.74, 6) is 0. The summed E-state index contributed by atoms with van der Waals surface area (Å²) in [5, 5.41) is 9.92. The fourth-order valence-corrected chi connectivity index (χ4v) is 14.2. The van der Waals surface area contributed by atoms with Crippen LogP contribution in [-0.4, -0.2) is 17.6 Å². The van der Waals surface area contributed by atoms with Crippen LogP contribution in [0.15, 0.2) is 223 Å². The van der Waals surface area contributed by atoms with Crippen molar-refractivity contribution >= 4 is 72.6 Å². The van der Waals surface area contributed by atoms with Crippen molar-refractivity contribution in [2.45, 2.75) is 0 Å². The zero-order chi connectivity index (χ0) is 37.8. The van der Waals surface area contributed by atoms with Crippen LogP contribution in [0.1, 0.15) is 0 Å². The van der Waals surface area contributed by atoms with Crippen molar-refractivity contribution in [2.75, 3.05) is 0 Å². The predicted molar refractivity (Wildman–Crippen MR) is 240 cm³/mol. The Kier molecular flexibility index (Phi) is 7.83. The standard InChI is InChI=1S/C53H36N2OSi/c1-3-19-38(20-4-1)57(39-21-5-2-6-22-39,40-23-17-18-37(36-40)55-48-30-13-9-25-42(48)43-26-10-14-31-49(43)55)51-33-16-12-28-45(51)41-24-7-8-29-46(41)52-53-47(34-35-54-52)44-27-11-15-32-50(44)56-53/h1-36H. The van der Waals surface area contributed by atoms with Crippen LogP contribution in [0.5, 0.6) is 0 Å². The summed E-state index contributed by atoms with van der Waals surface area (Å²) in [7, 11) is -3.07. The Labute approximate surface area is 331 Å². The van der Waals surface area contributed by atoms with E-state index < -0.39 is 8.07 Å². The van der Waals surface area contributed by atoms with E-state index >= 15 is 0 Å². The van der Waals surface area contributed by atoms with Gasteiger partial charge in [-0.2, -0.15) is 0 Å². The van der Waals surface area contributed by atoms with E-state index in [2.05, 4.69) is 205 Å². The summed E-state index contributed by atoms with van der Waals surface area (Å²) >= 11 is 0. The molecule has 3 nitrogen and oxygen atoms in total. The van der Waals surface area contributed by atoms with Crippen LogP contribution in [-0.2, 0) is 0 Å². The van der Waals surface area contributed by atoms with E-state index in [4.69, 9.17) is 9.40 Å². The van der Waals surface area contributed by atoms with Crippen LogP contribution in [0, 0.1) is 0 Å². The molecule has 0 atom stereocenters. The minimum atomic E-state index is -3.07. The first-order valence-corrected chi connectivity index (χ1v) is 21.5. The Hall–Kier alpha value is -7.27. The van der Waals surface area contributed by atoms with Crippen molar-refractivity contribution in [3.63, 3.8) is 0 Å². The molecule has 11 rings (SSSR count). The molecule has 268 valence electrons. The first-order valence-electron chi connectivity index (χ1n) is 19.5. The predicted octanol–water partition coefficient (Wildman–Crippen LogP) is 10.8. The second kappa shape index (κ2) is 13.5. The number of fused-ring (bicyclic) bond motifs is 6. The molecule has 0 unspecified atom stereocenters. The summed E-state index contributed by atoms with van der Waals surface area (Å²) < 4.78 is 9.02. The minimum absolute atomic E-state index is 0.803. The molecular weight excluding hydrogens is 709 g/mol. The Balaban J connectivity index is 1.22. The molecule has 3 heterocycles. The number of hydrogen-bond acceptors (Lipinski definition) is 2. The average molecular weight is 745 g/mol.